The molecule has 178 valence electrons. The molecule has 1 amide bonds. The second kappa shape index (κ2) is 9.67. The predicted molar refractivity (Wildman–Crippen MR) is 143 cm³/mol. The maximum Gasteiger partial charge on any atom is 0.269 e. The van der Waals surface area contributed by atoms with E-state index in [1.165, 1.54) is 36.0 Å². The van der Waals surface area contributed by atoms with E-state index < -0.39 is 4.92 Å². The summed E-state index contributed by atoms with van der Waals surface area (Å²) in [5, 5.41) is 15.3. The van der Waals surface area contributed by atoms with Gasteiger partial charge in [-0.05, 0) is 55.5 Å². The van der Waals surface area contributed by atoms with E-state index in [4.69, 9.17) is 0 Å². The van der Waals surface area contributed by atoms with Crippen LogP contribution in [0.15, 0.2) is 102 Å². The molecule has 1 heterocycles. The van der Waals surface area contributed by atoms with Gasteiger partial charge in [-0.1, -0.05) is 36.4 Å². The van der Waals surface area contributed by atoms with Crippen LogP contribution in [0.5, 0.6) is 0 Å². The topological polar surface area (TPSA) is 94.2 Å². The molecule has 7 nitrogen and oxygen atoms in total. The predicted octanol–water partition coefficient (Wildman–Crippen LogP) is 6.78. The minimum absolute atomic E-state index is 0.00653. The van der Waals surface area contributed by atoms with Gasteiger partial charge in [-0.15, -0.1) is 11.8 Å². The van der Waals surface area contributed by atoms with E-state index in [0.717, 1.165) is 26.7 Å². The summed E-state index contributed by atoms with van der Waals surface area (Å²) in [6, 6.07) is 28.5. The number of amides is 1. The Morgan fingerprint density at radius 1 is 0.833 bits per heavy atom. The lowest BCUT2D eigenvalue weighted by molar-refractivity contribution is -0.384. The number of benzene rings is 4. The molecule has 0 fully saturated rings. The van der Waals surface area contributed by atoms with Gasteiger partial charge in [0.25, 0.3) is 11.6 Å². The number of thioether (sulfide) groups is 1. The zero-order valence-electron chi connectivity index (χ0n) is 19.3. The second-order valence-corrected chi connectivity index (χ2v) is 9.66. The fourth-order valence-electron chi connectivity index (χ4n) is 4.15. The minimum Gasteiger partial charge on any atom is -0.322 e. The number of para-hydroxylation sites is 2. The number of nitro benzene ring substituents is 1. The molecule has 0 saturated carbocycles. The van der Waals surface area contributed by atoms with E-state index in [2.05, 4.69) is 5.32 Å². The van der Waals surface area contributed by atoms with Crippen molar-refractivity contribution in [2.75, 3.05) is 5.32 Å². The van der Waals surface area contributed by atoms with Crippen LogP contribution < -0.4 is 5.32 Å². The van der Waals surface area contributed by atoms with Gasteiger partial charge in [0.05, 0.1) is 21.2 Å². The number of carbonyl (C=O) groups is 2. The lowest BCUT2D eigenvalue weighted by Gasteiger charge is -2.13. The quantitative estimate of drug-likeness (QED) is 0.159. The van der Waals surface area contributed by atoms with E-state index in [9.17, 15) is 19.7 Å². The normalized spacial score (nSPS) is 11.9. The molecule has 1 aromatic heterocycles. The first-order valence-electron chi connectivity index (χ1n) is 11.3. The first-order chi connectivity index (χ1) is 17.4. The third-order valence-corrected chi connectivity index (χ3v) is 7.01. The summed E-state index contributed by atoms with van der Waals surface area (Å²) in [4.78, 5) is 37.1. The Morgan fingerprint density at radius 3 is 1.94 bits per heavy atom. The SMILES string of the molecule is CC(Sc1ccc(NC(=O)c2ccc([N+](=O)[O-])cc2)cc1)C(=O)n1c2ccccc2c2ccccc21. The van der Waals surface area contributed by atoms with Crippen LogP contribution in [0.25, 0.3) is 21.8 Å². The van der Waals surface area contributed by atoms with Crippen LogP contribution in [-0.4, -0.2) is 26.6 Å². The lowest BCUT2D eigenvalue weighted by Crippen LogP contribution is -2.21. The largest absolute Gasteiger partial charge is 0.322 e. The van der Waals surface area contributed by atoms with Gasteiger partial charge in [0.2, 0.25) is 5.91 Å². The Hall–Kier alpha value is -4.43. The van der Waals surface area contributed by atoms with Crippen molar-refractivity contribution in [3.8, 4) is 0 Å². The van der Waals surface area contributed by atoms with Crippen LogP contribution in [0.2, 0.25) is 0 Å². The monoisotopic (exact) mass is 495 g/mol. The van der Waals surface area contributed by atoms with Crippen molar-refractivity contribution in [3.63, 3.8) is 0 Å². The van der Waals surface area contributed by atoms with Crippen molar-refractivity contribution in [3.05, 3.63) is 113 Å². The highest BCUT2D eigenvalue weighted by molar-refractivity contribution is 8.00. The maximum absolute atomic E-state index is 13.5. The van der Waals surface area contributed by atoms with Crippen molar-refractivity contribution >= 4 is 56.8 Å². The molecule has 5 rings (SSSR count). The van der Waals surface area contributed by atoms with Crippen LogP contribution in [0, 0.1) is 10.1 Å². The molecule has 0 aliphatic carbocycles. The van der Waals surface area contributed by atoms with Gasteiger partial charge < -0.3 is 5.32 Å². The van der Waals surface area contributed by atoms with E-state index in [1.807, 2.05) is 67.6 Å². The Labute approximate surface area is 210 Å². The van der Waals surface area contributed by atoms with Crippen molar-refractivity contribution in [2.45, 2.75) is 17.1 Å². The summed E-state index contributed by atoms with van der Waals surface area (Å²) in [6.07, 6.45) is 0. The number of nitrogens with zero attached hydrogens (tertiary/aromatic N) is 2. The Morgan fingerprint density at radius 2 is 1.39 bits per heavy atom. The molecule has 0 spiro atoms. The highest BCUT2D eigenvalue weighted by atomic mass is 32.2. The molecule has 1 unspecified atom stereocenters. The number of carbonyl (C=O) groups excluding carboxylic acids is 2. The highest BCUT2D eigenvalue weighted by Crippen LogP contribution is 2.32. The molecule has 0 saturated heterocycles. The minimum atomic E-state index is -0.509. The number of nitrogens with one attached hydrogen (secondary N) is 1. The van der Waals surface area contributed by atoms with Gasteiger partial charge >= 0.3 is 0 Å². The highest BCUT2D eigenvalue weighted by Gasteiger charge is 2.21. The molecule has 5 aromatic rings. The molecule has 0 bridgehead atoms. The van der Waals surface area contributed by atoms with Crippen molar-refractivity contribution in [1.82, 2.24) is 4.57 Å². The fraction of sp³-hybridized carbons (Fsp3) is 0.0714. The van der Waals surface area contributed by atoms with Crippen LogP contribution >= 0.6 is 11.8 Å². The van der Waals surface area contributed by atoms with Gasteiger partial charge in [0.15, 0.2) is 0 Å². The molecular weight excluding hydrogens is 474 g/mol. The average molecular weight is 496 g/mol. The summed E-state index contributed by atoms with van der Waals surface area (Å²) in [6.45, 7) is 1.89. The Bertz CT molecular complexity index is 1560. The second-order valence-electron chi connectivity index (χ2n) is 8.25. The standard InChI is InChI=1S/C28H21N3O4S/c1-18(28(33)30-25-8-4-2-6-23(25)24-7-3-5-9-26(24)30)36-22-16-12-20(13-17-22)29-27(32)19-10-14-21(15-11-19)31(34)35/h2-18H,1H3,(H,29,32). The first-order valence-corrected chi connectivity index (χ1v) is 12.2. The Balaban J connectivity index is 1.30. The summed E-state index contributed by atoms with van der Waals surface area (Å²) >= 11 is 1.45. The summed E-state index contributed by atoms with van der Waals surface area (Å²) < 4.78 is 1.79. The number of anilines is 1. The number of rotatable bonds is 6. The van der Waals surface area contributed by atoms with Gasteiger partial charge in [0.1, 0.15) is 0 Å². The molecule has 8 heteroatoms. The Kier molecular flexibility index (Phi) is 6.26. The number of hydrogen-bond donors (Lipinski definition) is 1. The molecule has 4 aromatic carbocycles. The van der Waals surface area contributed by atoms with Gasteiger partial charge in [0, 0.05) is 39.1 Å². The summed E-state index contributed by atoms with van der Waals surface area (Å²) in [5.74, 6) is -0.367. The van der Waals surface area contributed by atoms with Crippen molar-refractivity contribution in [1.29, 1.82) is 0 Å². The van der Waals surface area contributed by atoms with Gasteiger partial charge in [-0.2, -0.15) is 0 Å². The van der Waals surface area contributed by atoms with E-state index in [1.54, 1.807) is 16.7 Å². The van der Waals surface area contributed by atoms with E-state index >= 15 is 0 Å². The average Bonchev–Trinajstić information content (AvgIpc) is 3.24. The van der Waals surface area contributed by atoms with Gasteiger partial charge in [-0.25, -0.2) is 0 Å². The molecule has 0 aliphatic rings. The van der Waals surface area contributed by atoms with Gasteiger partial charge in [-0.3, -0.25) is 24.3 Å². The number of fused-ring (bicyclic) bond motifs is 3. The zero-order chi connectivity index (χ0) is 25.2. The van der Waals surface area contributed by atoms with Crippen molar-refractivity contribution < 1.29 is 14.5 Å². The van der Waals surface area contributed by atoms with Crippen LogP contribution in [0.4, 0.5) is 11.4 Å². The maximum atomic E-state index is 13.5. The third kappa shape index (κ3) is 4.46. The molecule has 0 radical (unpaired) electrons. The van der Waals surface area contributed by atoms with E-state index in [0.29, 0.717) is 11.3 Å². The van der Waals surface area contributed by atoms with Crippen molar-refractivity contribution in [2.24, 2.45) is 0 Å². The van der Waals surface area contributed by atoms with Crippen LogP contribution in [0.3, 0.4) is 0 Å². The summed E-state index contributed by atoms with van der Waals surface area (Å²) in [7, 11) is 0. The molecule has 1 atom stereocenters. The molecule has 1 N–H and O–H groups in total. The number of nitro groups is 1. The number of hydrogen-bond acceptors (Lipinski definition) is 5. The number of aromatic nitrogens is 1. The first kappa shape index (κ1) is 23.3. The molecule has 0 aliphatic heterocycles. The lowest BCUT2D eigenvalue weighted by atomic mass is 10.2. The smallest absolute Gasteiger partial charge is 0.269 e. The van der Waals surface area contributed by atoms with Crippen LogP contribution in [0.1, 0.15) is 22.1 Å². The molecule has 36 heavy (non-hydrogen) atoms. The van der Waals surface area contributed by atoms with E-state index in [-0.39, 0.29) is 22.8 Å². The summed E-state index contributed by atoms with van der Waals surface area (Å²) in [5.41, 5.74) is 2.62. The number of non-ortho nitro benzene ring substituents is 1. The molecular formula is C28H21N3O4S. The zero-order valence-corrected chi connectivity index (χ0v) is 20.1. The fourth-order valence-corrected chi connectivity index (χ4v) is 5.06. The van der Waals surface area contributed by atoms with Crippen LogP contribution in [-0.2, 0) is 0 Å². The third-order valence-electron chi connectivity index (χ3n) is 5.91.